The maximum atomic E-state index is 13.0. The lowest BCUT2D eigenvalue weighted by atomic mass is 10.0. The van der Waals surface area contributed by atoms with Crippen molar-refractivity contribution in [2.45, 2.75) is 43.6 Å². The Labute approximate surface area is 214 Å². The number of para-hydroxylation sites is 1. The van der Waals surface area contributed by atoms with Crippen molar-refractivity contribution in [3.05, 3.63) is 53.1 Å². The van der Waals surface area contributed by atoms with Crippen LogP contribution in [0.3, 0.4) is 0 Å². The third kappa shape index (κ3) is 5.18. The third-order valence-electron chi connectivity index (χ3n) is 6.71. The first-order chi connectivity index (χ1) is 16.8. The predicted molar refractivity (Wildman–Crippen MR) is 138 cm³/mol. The lowest BCUT2D eigenvalue weighted by Gasteiger charge is -2.32. The number of carbonyl (C=O) groups excluding carboxylic acids is 1. The van der Waals surface area contributed by atoms with Gasteiger partial charge in [-0.15, -0.1) is 0 Å². The van der Waals surface area contributed by atoms with E-state index in [0.717, 1.165) is 23.1 Å². The van der Waals surface area contributed by atoms with E-state index in [-0.39, 0.29) is 16.9 Å². The molecule has 0 aliphatic carbocycles. The molecule has 2 aliphatic rings. The summed E-state index contributed by atoms with van der Waals surface area (Å²) in [6, 6.07) is 12.0. The van der Waals surface area contributed by atoms with E-state index in [9.17, 15) is 13.2 Å². The molecule has 3 heterocycles. The molecule has 0 spiro atoms. The quantitative estimate of drug-likeness (QED) is 0.458. The van der Waals surface area contributed by atoms with Crippen molar-refractivity contribution in [1.29, 1.82) is 0 Å². The normalized spacial score (nSPS) is 20.3. The van der Waals surface area contributed by atoms with Crippen LogP contribution in [0.5, 0.6) is 5.19 Å². The number of amides is 1. The maximum Gasteiger partial charge on any atom is 0.274 e. The van der Waals surface area contributed by atoms with Gasteiger partial charge in [-0.05, 0) is 55.2 Å². The van der Waals surface area contributed by atoms with E-state index in [4.69, 9.17) is 16.3 Å². The van der Waals surface area contributed by atoms with Crippen molar-refractivity contribution in [2.24, 2.45) is 5.92 Å². The Morgan fingerprint density at radius 2 is 1.83 bits per heavy atom. The van der Waals surface area contributed by atoms with E-state index in [2.05, 4.69) is 11.9 Å². The molecule has 0 radical (unpaired) electrons. The number of halogens is 1. The van der Waals surface area contributed by atoms with Gasteiger partial charge in [0.05, 0.1) is 14.6 Å². The molecule has 1 amide bonds. The number of fused-ring (bicyclic) bond motifs is 1. The number of nitrogens with zero attached hydrogens (tertiary/aromatic N) is 3. The molecule has 1 unspecified atom stereocenters. The number of aromatic nitrogens is 1. The molecule has 7 nitrogen and oxygen atoms in total. The fourth-order valence-electron chi connectivity index (χ4n) is 4.73. The van der Waals surface area contributed by atoms with E-state index in [1.54, 1.807) is 33.5 Å². The number of carbonyl (C=O) groups is 1. The molecule has 1 aromatic heterocycles. The van der Waals surface area contributed by atoms with Gasteiger partial charge >= 0.3 is 0 Å². The van der Waals surface area contributed by atoms with E-state index in [0.29, 0.717) is 60.7 Å². The van der Waals surface area contributed by atoms with Crippen molar-refractivity contribution in [3.8, 4) is 5.19 Å². The number of piperidine rings is 2. The first-order valence-corrected chi connectivity index (χ1v) is 14.6. The monoisotopic (exact) mass is 533 g/mol. The molecule has 35 heavy (non-hydrogen) atoms. The average Bonchev–Trinajstić information content (AvgIpc) is 3.28. The van der Waals surface area contributed by atoms with Gasteiger partial charge in [0.2, 0.25) is 10.0 Å². The summed E-state index contributed by atoms with van der Waals surface area (Å²) in [6.07, 6.45) is 3.32. The van der Waals surface area contributed by atoms with Gasteiger partial charge in [0.15, 0.2) is 0 Å². The van der Waals surface area contributed by atoms with Gasteiger partial charge < -0.3 is 9.64 Å². The summed E-state index contributed by atoms with van der Waals surface area (Å²) in [5.74, 6) is 0.268. The van der Waals surface area contributed by atoms with Gasteiger partial charge in [-0.1, -0.05) is 35.9 Å². The Bertz CT molecular complexity index is 1320. The second-order valence-corrected chi connectivity index (χ2v) is 12.6. The highest BCUT2D eigenvalue weighted by Crippen LogP contribution is 2.33. The Morgan fingerprint density at radius 1 is 1.09 bits per heavy atom. The number of ether oxygens (including phenoxy) is 1. The lowest BCUT2D eigenvalue weighted by molar-refractivity contribution is 0.0595. The van der Waals surface area contributed by atoms with E-state index in [1.807, 2.05) is 18.2 Å². The smallest absolute Gasteiger partial charge is 0.274 e. The zero-order valence-electron chi connectivity index (χ0n) is 19.5. The van der Waals surface area contributed by atoms with E-state index >= 15 is 0 Å². The van der Waals surface area contributed by atoms with Crippen LogP contribution in [-0.4, -0.2) is 60.8 Å². The molecule has 3 aromatic rings. The number of thiazole rings is 1. The van der Waals surface area contributed by atoms with Crippen molar-refractivity contribution >= 4 is 49.1 Å². The van der Waals surface area contributed by atoms with Crippen LogP contribution in [0.2, 0.25) is 5.02 Å². The van der Waals surface area contributed by atoms with Crippen molar-refractivity contribution < 1.29 is 17.9 Å². The number of hydrogen-bond acceptors (Lipinski definition) is 6. The number of benzene rings is 2. The Balaban J connectivity index is 1.18. The van der Waals surface area contributed by atoms with E-state index in [1.165, 1.54) is 11.3 Å². The van der Waals surface area contributed by atoms with Gasteiger partial charge in [-0.3, -0.25) is 4.79 Å². The predicted octanol–water partition coefficient (Wildman–Crippen LogP) is 5.05. The van der Waals surface area contributed by atoms with E-state index < -0.39 is 10.0 Å². The second-order valence-electron chi connectivity index (χ2n) is 9.31. The maximum absolute atomic E-state index is 13.0. The summed E-state index contributed by atoms with van der Waals surface area (Å²) in [5.41, 5.74) is 1.25. The number of hydrogen-bond donors (Lipinski definition) is 0. The van der Waals surface area contributed by atoms with Crippen molar-refractivity contribution in [3.63, 3.8) is 0 Å². The minimum absolute atomic E-state index is 0.0159. The van der Waals surface area contributed by atoms with Crippen LogP contribution in [0.25, 0.3) is 10.2 Å². The van der Waals surface area contributed by atoms with Crippen LogP contribution in [0, 0.1) is 5.92 Å². The summed E-state index contributed by atoms with van der Waals surface area (Å²) in [6.45, 7) is 4.31. The van der Waals surface area contributed by atoms with Crippen molar-refractivity contribution in [1.82, 2.24) is 14.2 Å². The zero-order chi connectivity index (χ0) is 24.6. The molecule has 2 aromatic carbocycles. The lowest BCUT2D eigenvalue weighted by Crippen LogP contribution is -2.41. The van der Waals surface area contributed by atoms with Crippen LogP contribution < -0.4 is 4.74 Å². The molecule has 5 rings (SSSR count). The Kier molecular flexibility index (Phi) is 7.03. The number of likely N-dealkylation sites (tertiary alicyclic amines) is 1. The molecule has 0 N–H and O–H groups in total. The van der Waals surface area contributed by atoms with Crippen LogP contribution >= 0.6 is 22.9 Å². The summed E-state index contributed by atoms with van der Waals surface area (Å²) in [4.78, 5) is 19.6. The van der Waals surface area contributed by atoms with Gasteiger partial charge in [-0.25, -0.2) is 13.4 Å². The Morgan fingerprint density at radius 3 is 2.51 bits per heavy atom. The minimum Gasteiger partial charge on any atom is -0.467 e. The van der Waals surface area contributed by atoms with Crippen LogP contribution in [0.15, 0.2) is 47.4 Å². The first kappa shape index (κ1) is 24.5. The molecular formula is C25H28ClN3O4S2. The molecule has 186 valence electrons. The highest BCUT2D eigenvalue weighted by atomic mass is 35.5. The standard InChI is InChI=1S/C25H28ClN3O4S2/c1-17-4-3-13-29(16-17)35(31,32)20-9-7-18(8-10-20)24(30)28-14-11-19(12-15-28)33-25-27-23-21(26)5-2-6-22(23)34-25/h2,5-10,17,19H,3-4,11-16H2,1H3. The SMILES string of the molecule is CC1CCCN(S(=O)(=O)c2ccc(C(=O)N3CCC(Oc4nc5c(Cl)cccc5s4)CC3)cc2)C1. The average molecular weight is 534 g/mol. The summed E-state index contributed by atoms with van der Waals surface area (Å²) in [5, 5.41) is 1.20. The fraction of sp³-hybridized carbons (Fsp3) is 0.440. The molecule has 2 saturated heterocycles. The molecule has 0 saturated carbocycles. The van der Waals surface area contributed by atoms with Gasteiger partial charge in [0.1, 0.15) is 11.6 Å². The minimum atomic E-state index is -3.53. The van der Waals surface area contributed by atoms with Gasteiger partial charge in [0.25, 0.3) is 11.1 Å². The van der Waals surface area contributed by atoms with Crippen LogP contribution in [0.4, 0.5) is 0 Å². The van der Waals surface area contributed by atoms with Crippen LogP contribution in [-0.2, 0) is 10.0 Å². The largest absolute Gasteiger partial charge is 0.467 e. The second kappa shape index (κ2) is 10.0. The van der Waals surface area contributed by atoms with Crippen LogP contribution in [0.1, 0.15) is 43.0 Å². The molecule has 2 fully saturated rings. The first-order valence-electron chi connectivity index (χ1n) is 11.9. The fourth-order valence-corrected chi connectivity index (χ4v) is 7.51. The number of rotatable bonds is 5. The molecule has 0 bridgehead atoms. The Hall–Kier alpha value is -2.20. The highest BCUT2D eigenvalue weighted by molar-refractivity contribution is 7.89. The topological polar surface area (TPSA) is 79.8 Å². The molecule has 2 aliphatic heterocycles. The highest BCUT2D eigenvalue weighted by Gasteiger charge is 2.30. The van der Waals surface area contributed by atoms with Crippen molar-refractivity contribution in [2.75, 3.05) is 26.2 Å². The molecular weight excluding hydrogens is 506 g/mol. The summed E-state index contributed by atoms with van der Waals surface area (Å²) >= 11 is 7.69. The zero-order valence-corrected chi connectivity index (χ0v) is 21.9. The van der Waals surface area contributed by atoms with Gasteiger partial charge in [0, 0.05) is 44.6 Å². The van der Waals surface area contributed by atoms with Gasteiger partial charge in [-0.2, -0.15) is 4.31 Å². The third-order valence-corrected chi connectivity index (χ3v) is 9.80. The number of sulfonamides is 1. The molecule has 10 heteroatoms. The molecule has 1 atom stereocenters. The summed E-state index contributed by atoms with van der Waals surface area (Å²) in [7, 11) is -3.53. The summed E-state index contributed by atoms with van der Waals surface area (Å²) < 4.78 is 34.6.